The lowest BCUT2D eigenvalue weighted by Crippen LogP contribution is -2.47. The fourth-order valence-corrected chi connectivity index (χ4v) is 3.17. The first-order valence-electron chi connectivity index (χ1n) is 6.10. The molecule has 0 spiro atoms. The molecule has 104 valence electrons. The van der Waals surface area contributed by atoms with Crippen molar-refractivity contribution in [1.29, 1.82) is 0 Å². The third-order valence-corrected chi connectivity index (χ3v) is 4.32. The first kappa shape index (κ1) is 13.9. The molecule has 1 aromatic rings. The van der Waals surface area contributed by atoms with E-state index < -0.39 is 5.97 Å². The SMILES string of the molecule is Cc1cc(C(=O)N2CCSCC2CC(=O)O)nn1C. The third kappa shape index (κ3) is 3.09. The van der Waals surface area contributed by atoms with Gasteiger partial charge < -0.3 is 10.0 Å². The Morgan fingerprint density at radius 2 is 2.32 bits per heavy atom. The van der Waals surface area contributed by atoms with E-state index in [0.29, 0.717) is 18.0 Å². The lowest BCUT2D eigenvalue weighted by atomic mass is 10.2. The smallest absolute Gasteiger partial charge is 0.305 e. The lowest BCUT2D eigenvalue weighted by molar-refractivity contribution is -0.138. The average Bonchev–Trinajstić information content (AvgIpc) is 2.69. The third-order valence-electron chi connectivity index (χ3n) is 3.23. The first-order valence-corrected chi connectivity index (χ1v) is 7.25. The monoisotopic (exact) mass is 283 g/mol. The van der Waals surface area contributed by atoms with Crippen LogP contribution in [-0.2, 0) is 11.8 Å². The number of aryl methyl sites for hydroxylation is 2. The highest BCUT2D eigenvalue weighted by Gasteiger charge is 2.30. The number of rotatable bonds is 3. The number of hydrogen-bond acceptors (Lipinski definition) is 4. The highest BCUT2D eigenvalue weighted by atomic mass is 32.2. The number of aromatic nitrogens is 2. The summed E-state index contributed by atoms with van der Waals surface area (Å²) in [6.07, 6.45) is -0.00937. The number of nitrogens with zero attached hydrogens (tertiary/aromatic N) is 3. The molecule has 0 saturated carbocycles. The highest BCUT2D eigenvalue weighted by molar-refractivity contribution is 7.99. The molecule has 1 aliphatic rings. The van der Waals surface area contributed by atoms with E-state index in [1.165, 1.54) is 0 Å². The molecule has 2 heterocycles. The minimum absolute atomic E-state index is 0.00937. The van der Waals surface area contributed by atoms with Gasteiger partial charge in [-0.25, -0.2) is 0 Å². The number of carbonyl (C=O) groups excluding carboxylic acids is 1. The average molecular weight is 283 g/mol. The predicted molar refractivity (Wildman–Crippen MR) is 72.3 cm³/mol. The van der Waals surface area contributed by atoms with Crippen LogP contribution in [0.2, 0.25) is 0 Å². The van der Waals surface area contributed by atoms with Crippen LogP contribution >= 0.6 is 11.8 Å². The second kappa shape index (κ2) is 5.64. The van der Waals surface area contributed by atoms with Crippen molar-refractivity contribution >= 4 is 23.6 Å². The van der Waals surface area contributed by atoms with Crippen molar-refractivity contribution in [2.45, 2.75) is 19.4 Å². The molecule has 0 radical (unpaired) electrons. The van der Waals surface area contributed by atoms with E-state index in [2.05, 4.69) is 5.10 Å². The van der Waals surface area contributed by atoms with E-state index in [0.717, 1.165) is 11.4 Å². The largest absolute Gasteiger partial charge is 0.481 e. The minimum atomic E-state index is -0.873. The van der Waals surface area contributed by atoms with Gasteiger partial charge in [0.05, 0.1) is 12.5 Å². The summed E-state index contributed by atoms with van der Waals surface area (Å²) in [5.41, 5.74) is 1.30. The van der Waals surface area contributed by atoms with Crippen molar-refractivity contribution in [1.82, 2.24) is 14.7 Å². The Bertz CT molecular complexity index is 481. The van der Waals surface area contributed by atoms with Crippen molar-refractivity contribution in [2.75, 3.05) is 18.1 Å². The molecule has 1 atom stereocenters. The van der Waals surface area contributed by atoms with Gasteiger partial charge in [0.2, 0.25) is 0 Å². The quantitative estimate of drug-likeness (QED) is 0.886. The Morgan fingerprint density at radius 3 is 2.89 bits per heavy atom. The maximum atomic E-state index is 12.4. The molecule has 1 fully saturated rings. The van der Waals surface area contributed by atoms with Crippen LogP contribution in [0.3, 0.4) is 0 Å². The van der Waals surface area contributed by atoms with Crippen LogP contribution in [0, 0.1) is 6.92 Å². The van der Waals surface area contributed by atoms with Gasteiger partial charge in [-0.05, 0) is 13.0 Å². The summed E-state index contributed by atoms with van der Waals surface area (Å²) in [7, 11) is 1.78. The molecule has 0 aromatic carbocycles. The van der Waals surface area contributed by atoms with Gasteiger partial charge in [-0.3, -0.25) is 14.3 Å². The van der Waals surface area contributed by atoms with Crippen molar-refractivity contribution in [2.24, 2.45) is 7.05 Å². The van der Waals surface area contributed by atoms with E-state index in [-0.39, 0.29) is 18.4 Å². The molecule has 1 aromatic heterocycles. The molecule has 1 amide bonds. The molecule has 1 saturated heterocycles. The van der Waals surface area contributed by atoms with Gasteiger partial charge >= 0.3 is 5.97 Å². The second-order valence-corrected chi connectivity index (χ2v) is 5.77. The topological polar surface area (TPSA) is 75.4 Å². The zero-order valence-electron chi connectivity index (χ0n) is 11.0. The summed E-state index contributed by atoms with van der Waals surface area (Å²) >= 11 is 1.69. The molecule has 0 aliphatic carbocycles. The Morgan fingerprint density at radius 1 is 1.58 bits per heavy atom. The van der Waals surface area contributed by atoms with Crippen LogP contribution in [0.4, 0.5) is 0 Å². The van der Waals surface area contributed by atoms with Crippen LogP contribution in [0.5, 0.6) is 0 Å². The summed E-state index contributed by atoms with van der Waals surface area (Å²) in [4.78, 5) is 24.9. The molecular weight excluding hydrogens is 266 g/mol. The molecule has 19 heavy (non-hydrogen) atoms. The van der Waals surface area contributed by atoms with E-state index in [1.54, 1.807) is 34.5 Å². The maximum Gasteiger partial charge on any atom is 0.305 e. The van der Waals surface area contributed by atoms with Gasteiger partial charge in [0, 0.05) is 30.8 Å². The Balaban J connectivity index is 2.17. The predicted octanol–water partition coefficient (Wildman–Crippen LogP) is 0.761. The van der Waals surface area contributed by atoms with Crippen LogP contribution in [0.1, 0.15) is 22.6 Å². The van der Waals surface area contributed by atoms with Crippen LogP contribution < -0.4 is 0 Å². The number of amides is 1. The summed E-state index contributed by atoms with van der Waals surface area (Å²) in [5.74, 6) is 0.468. The highest BCUT2D eigenvalue weighted by Crippen LogP contribution is 2.21. The molecule has 1 aliphatic heterocycles. The number of thioether (sulfide) groups is 1. The van der Waals surface area contributed by atoms with Gasteiger partial charge in [0.1, 0.15) is 0 Å². The van der Waals surface area contributed by atoms with Crippen molar-refractivity contribution in [3.05, 3.63) is 17.5 Å². The molecule has 2 rings (SSSR count). The van der Waals surface area contributed by atoms with Crippen LogP contribution in [0.25, 0.3) is 0 Å². The molecule has 7 heteroatoms. The number of aliphatic carboxylic acids is 1. The van der Waals surface area contributed by atoms with Gasteiger partial charge in [-0.15, -0.1) is 0 Å². The van der Waals surface area contributed by atoms with Gasteiger partial charge in [0.15, 0.2) is 5.69 Å². The zero-order valence-corrected chi connectivity index (χ0v) is 11.8. The molecule has 1 N–H and O–H groups in total. The van der Waals surface area contributed by atoms with E-state index in [4.69, 9.17) is 5.11 Å². The van der Waals surface area contributed by atoms with Crippen molar-refractivity contribution in [3.8, 4) is 0 Å². The van der Waals surface area contributed by atoms with E-state index in [1.807, 2.05) is 6.92 Å². The summed E-state index contributed by atoms with van der Waals surface area (Å²) in [6.45, 7) is 2.46. The molecular formula is C12H17N3O3S. The van der Waals surface area contributed by atoms with Gasteiger partial charge in [-0.2, -0.15) is 16.9 Å². The second-order valence-electron chi connectivity index (χ2n) is 4.62. The summed E-state index contributed by atoms with van der Waals surface area (Å²) < 4.78 is 1.65. The number of carboxylic acids is 1. The minimum Gasteiger partial charge on any atom is -0.481 e. The standard InChI is InChI=1S/C12H17N3O3S/c1-8-5-10(13-14(8)2)12(18)15-3-4-19-7-9(15)6-11(16)17/h5,9H,3-4,6-7H2,1-2H3,(H,16,17). The Hall–Kier alpha value is -1.50. The Kier molecular flexibility index (Phi) is 4.14. The Labute approximate surface area is 115 Å². The first-order chi connectivity index (χ1) is 8.99. The van der Waals surface area contributed by atoms with E-state index >= 15 is 0 Å². The molecule has 6 nitrogen and oxygen atoms in total. The fourth-order valence-electron chi connectivity index (χ4n) is 2.11. The summed E-state index contributed by atoms with van der Waals surface area (Å²) in [5, 5.41) is 13.1. The zero-order chi connectivity index (χ0) is 14.0. The van der Waals surface area contributed by atoms with Crippen LogP contribution in [0.15, 0.2) is 6.07 Å². The number of carbonyl (C=O) groups is 2. The maximum absolute atomic E-state index is 12.4. The molecule has 1 unspecified atom stereocenters. The lowest BCUT2D eigenvalue weighted by Gasteiger charge is -2.34. The number of hydrogen-bond donors (Lipinski definition) is 1. The van der Waals surface area contributed by atoms with Gasteiger partial charge in [-0.1, -0.05) is 0 Å². The van der Waals surface area contributed by atoms with Crippen molar-refractivity contribution < 1.29 is 14.7 Å². The summed E-state index contributed by atoms with van der Waals surface area (Å²) in [6, 6.07) is 1.49. The normalized spacial score (nSPS) is 19.5. The van der Waals surface area contributed by atoms with Crippen LogP contribution in [-0.4, -0.2) is 55.8 Å². The van der Waals surface area contributed by atoms with Gasteiger partial charge in [0.25, 0.3) is 5.91 Å². The fraction of sp³-hybridized carbons (Fsp3) is 0.583. The number of carboxylic acid groups (broad SMARTS) is 1. The van der Waals surface area contributed by atoms with E-state index in [9.17, 15) is 9.59 Å². The molecule has 0 bridgehead atoms. The van der Waals surface area contributed by atoms with Crippen molar-refractivity contribution in [3.63, 3.8) is 0 Å².